The van der Waals surface area contributed by atoms with Gasteiger partial charge in [-0.05, 0) is 49.6 Å². The molecular formula is C16H19N3O. The molecule has 104 valence electrons. The number of rotatable bonds is 4. The van der Waals surface area contributed by atoms with Crippen molar-refractivity contribution >= 4 is 5.91 Å². The van der Waals surface area contributed by atoms with Crippen molar-refractivity contribution in [1.82, 2.24) is 14.9 Å². The number of amides is 1. The highest BCUT2D eigenvalue weighted by Gasteiger charge is 2.15. The SMILES string of the molecule is Cc1nccc(C(=O)N(C)CCc2ccncc2)c1C. The van der Waals surface area contributed by atoms with Crippen molar-refractivity contribution in [3.8, 4) is 0 Å². The molecule has 2 heterocycles. The lowest BCUT2D eigenvalue weighted by molar-refractivity contribution is 0.0795. The van der Waals surface area contributed by atoms with Crippen LogP contribution in [0.25, 0.3) is 0 Å². The molecule has 0 aromatic carbocycles. The fraction of sp³-hybridized carbons (Fsp3) is 0.312. The van der Waals surface area contributed by atoms with Crippen LogP contribution in [0.2, 0.25) is 0 Å². The number of carbonyl (C=O) groups excluding carboxylic acids is 1. The van der Waals surface area contributed by atoms with Crippen molar-refractivity contribution in [2.45, 2.75) is 20.3 Å². The fourth-order valence-corrected chi connectivity index (χ4v) is 2.03. The molecule has 0 atom stereocenters. The highest BCUT2D eigenvalue weighted by Crippen LogP contribution is 2.12. The van der Waals surface area contributed by atoms with Gasteiger partial charge in [-0.15, -0.1) is 0 Å². The molecule has 0 aliphatic heterocycles. The molecule has 0 fully saturated rings. The molecule has 0 aliphatic carbocycles. The Morgan fingerprint density at radius 2 is 1.85 bits per heavy atom. The summed E-state index contributed by atoms with van der Waals surface area (Å²) in [5, 5.41) is 0. The standard InChI is InChI=1S/C16H19N3O/c1-12-13(2)18-10-6-15(12)16(20)19(3)11-7-14-4-8-17-9-5-14/h4-6,8-10H,7,11H2,1-3H3. The van der Waals surface area contributed by atoms with Crippen molar-refractivity contribution in [3.63, 3.8) is 0 Å². The second-order valence-electron chi connectivity index (χ2n) is 4.90. The monoisotopic (exact) mass is 269 g/mol. The summed E-state index contributed by atoms with van der Waals surface area (Å²) in [6.45, 7) is 4.54. The Labute approximate surface area is 119 Å². The zero-order valence-electron chi connectivity index (χ0n) is 12.1. The van der Waals surface area contributed by atoms with Crippen molar-refractivity contribution < 1.29 is 4.79 Å². The number of nitrogens with zero attached hydrogens (tertiary/aromatic N) is 3. The zero-order valence-corrected chi connectivity index (χ0v) is 12.1. The van der Waals surface area contributed by atoms with Gasteiger partial charge in [0, 0.05) is 43.4 Å². The molecular weight excluding hydrogens is 250 g/mol. The molecule has 0 N–H and O–H groups in total. The summed E-state index contributed by atoms with van der Waals surface area (Å²) in [5.41, 5.74) is 3.77. The molecule has 4 nitrogen and oxygen atoms in total. The maximum absolute atomic E-state index is 12.4. The second-order valence-corrected chi connectivity index (χ2v) is 4.90. The largest absolute Gasteiger partial charge is 0.341 e. The first kappa shape index (κ1) is 14.2. The average Bonchev–Trinajstić information content (AvgIpc) is 2.48. The molecule has 20 heavy (non-hydrogen) atoms. The van der Waals surface area contributed by atoms with Gasteiger partial charge in [-0.1, -0.05) is 0 Å². The van der Waals surface area contributed by atoms with Crippen LogP contribution < -0.4 is 0 Å². The van der Waals surface area contributed by atoms with Gasteiger partial charge in [-0.2, -0.15) is 0 Å². The summed E-state index contributed by atoms with van der Waals surface area (Å²) in [7, 11) is 1.83. The molecule has 0 saturated heterocycles. The number of hydrogen-bond acceptors (Lipinski definition) is 3. The Balaban J connectivity index is 2.04. The molecule has 2 aromatic heterocycles. The van der Waals surface area contributed by atoms with Gasteiger partial charge in [-0.3, -0.25) is 14.8 Å². The number of hydrogen-bond donors (Lipinski definition) is 0. The minimum Gasteiger partial charge on any atom is -0.341 e. The smallest absolute Gasteiger partial charge is 0.253 e. The van der Waals surface area contributed by atoms with Crippen LogP contribution in [0.1, 0.15) is 27.2 Å². The Morgan fingerprint density at radius 3 is 2.55 bits per heavy atom. The van der Waals surface area contributed by atoms with Crippen molar-refractivity contribution in [2.75, 3.05) is 13.6 Å². The highest BCUT2D eigenvalue weighted by molar-refractivity contribution is 5.95. The van der Waals surface area contributed by atoms with E-state index in [0.29, 0.717) is 6.54 Å². The van der Waals surface area contributed by atoms with E-state index in [1.165, 1.54) is 5.56 Å². The van der Waals surface area contributed by atoms with E-state index in [9.17, 15) is 4.79 Å². The van der Waals surface area contributed by atoms with E-state index in [1.54, 1.807) is 29.6 Å². The van der Waals surface area contributed by atoms with Gasteiger partial charge >= 0.3 is 0 Å². The first-order valence-electron chi connectivity index (χ1n) is 6.66. The summed E-state index contributed by atoms with van der Waals surface area (Å²) in [6.07, 6.45) is 6.06. The third-order valence-electron chi connectivity index (χ3n) is 3.52. The van der Waals surface area contributed by atoms with Crippen molar-refractivity contribution in [1.29, 1.82) is 0 Å². The van der Waals surface area contributed by atoms with Crippen LogP contribution in [0.15, 0.2) is 36.8 Å². The quantitative estimate of drug-likeness (QED) is 0.856. The molecule has 2 rings (SSSR count). The van der Waals surface area contributed by atoms with Crippen molar-refractivity contribution in [3.05, 3.63) is 59.2 Å². The summed E-state index contributed by atoms with van der Waals surface area (Å²) < 4.78 is 0. The van der Waals surface area contributed by atoms with E-state index < -0.39 is 0 Å². The molecule has 0 saturated carbocycles. The Bertz CT molecular complexity index is 596. The summed E-state index contributed by atoms with van der Waals surface area (Å²) >= 11 is 0. The first-order chi connectivity index (χ1) is 9.59. The molecule has 0 spiro atoms. The van der Waals surface area contributed by atoms with E-state index >= 15 is 0 Å². The van der Waals surface area contributed by atoms with E-state index in [4.69, 9.17) is 0 Å². The highest BCUT2D eigenvalue weighted by atomic mass is 16.2. The van der Waals surface area contributed by atoms with Crippen molar-refractivity contribution in [2.24, 2.45) is 0 Å². The van der Waals surface area contributed by atoms with Crippen LogP contribution in [0.4, 0.5) is 0 Å². The van der Waals surface area contributed by atoms with Gasteiger partial charge in [0.15, 0.2) is 0 Å². The van der Waals surface area contributed by atoms with Gasteiger partial charge in [0.2, 0.25) is 0 Å². The first-order valence-corrected chi connectivity index (χ1v) is 6.66. The maximum Gasteiger partial charge on any atom is 0.253 e. The number of aryl methyl sites for hydroxylation is 1. The Hall–Kier alpha value is -2.23. The van der Waals surface area contributed by atoms with Gasteiger partial charge in [0.1, 0.15) is 0 Å². The summed E-state index contributed by atoms with van der Waals surface area (Å²) in [4.78, 5) is 22.4. The number of likely N-dealkylation sites (N-methyl/N-ethyl adjacent to an activating group) is 1. The van der Waals surface area contributed by atoms with Crippen LogP contribution in [0, 0.1) is 13.8 Å². The topological polar surface area (TPSA) is 46.1 Å². The van der Waals surface area contributed by atoms with Crippen LogP contribution in [0.3, 0.4) is 0 Å². The van der Waals surface area contributed by atoms with E-state index in [-0.39, 0.29) is 5.91 Å². The molecule has 2 aromatic rings. The fourth-order valence-electron chi connectivity index (χ4n) is 2.03. The van der Waals surface area contributed by atoms with Crippen LogP contribution in [-0.2, 0) is 6.42 Å². The number of carbonyl (C=O) groups is 1. The minimum atomic E-state index is 0.0436. The van der Waals surface area contributed by atoms with Crippen LogP contribution in [0.5, 0.6) is 0 Å². The van der Waals surface area contributed by atoms with Crippen LogP contribution in [-0.4, -0.2) is 34.4 Å². The molecule has 0 unspecified atom stereocenters. The second kappa shape index (κ2) is 6.28. The Kier molecular flexibility index (Phi) is 4.45. The minimum absolute atomic E-state index is 0.0436. The normalized spacial score (nSPS) is 10.3. The summed E-state index contributed by atoms with van der Waals surface area (Å²) in [5.74, 6) is 0.0436. The van der Waals surface area contributed by atoms with Gasteiger partial charge in [0.25, 0.3) is 5.91 Å². The van der Waals surface area contributed by atoms with Crippen LogP contribution >= 0.6 is 0 Å². The van der Waals surface area contributed by atoms with E-state index in [1.807, 2.05) is 33.0 Å². The zero-order chi connectivity index (χ0) is 14.5. The molecule has 4 heteroatoms. The summed E-state index contributed by atoms with van der Waals surface area (Å²) in [6, 6.07) is 5.73. The van der Waals surface area contributed by atoms with E-state index in [2.05, 4.69) is 9.97 Å². The maximum atomic E-state index is 12.4. The number of aromatic nitrogens is 2. The molecule has 0 radical (unpaired) electrons. The van der Waals surface area contributed by atoms with Gasteiger partial charge < -0.3 is 4.90 Å². The Morgan fingerprint density at radius 1 is 1.15 bits per heavy atom. The molecule has 1 amide bonds. The van der Waals surface area contributed by atoms with Gasteiger partial charge in [-0.25, -0.2) is 0 Å². The average molecular weight is 269 g/mol. The lowest BCUT2D eigenvalue weighted by Crippen LogP contribution is -2.29. The van der Waals surface area contributed by atoms with E-state index in [0.717, 1.165) is 23.2 Å². The predicted molar refractivity (Wildman–Crippen MR) is 78.6 cm³/mol. The predicted octanol–water partition coefficient (Wildman–Crippen LogP) is 2.41. The number of pyridine rings is 2. The lowest BCUT2D eigenvalue weighted by Gasteiger charge is -2.18. The third-order valence-corrected chi connectivity index (χ3v) is 3.52. The molecule has 0 bridgehead atoms. The van der Waals surface area contributed by atoms with Gasteiger partial charge in [0.05, 0.1) is 0 Å². The lowest BCUT2D eigenvalue weighted by atomic mass is 10.1. The third kappa shape index (κ3) is 3.20. The molecule has 0 aliphatic rings.